The molecule has 0 atom stereocenters. The number of nitrogens with one attached hydrogen (secondary N) is 1. The van der Waals surface area contributed by atoms with Gasteiger partial charge in [-0.2, -0.15) is 0 Å². The highest BCUT2D eigenvalue weighted by Crippen LogP contribution is 2.41. The molecular weight excluding hydrogens is 430 g/mol. The lowest BCUT2D eigenvalue weighted by Gasteiger charge is -2.13. The van der Waals surface area contributed by atoms with E-state index in [0.29, 0.717) is 27.0 Å². The minimum Gasteiger partial charge on any atom is -0.322 e. The molecule has 2 amide bonds. The first kappa shape index (κ1) is 20.0. The molecular formula is C24H20ClN3O2S. The van der Waals surface area contributed by atoms with Gasteiger partial charge in [-0.15, -0.1) is 11.3 Å². The molecule has 0 spiro atoms. The summed E-state index contributed by atoms with van der Waals surface area (Å²) in [5, 5.41) is 4.19. The van der Waals surface area contributed by atoms with Gasteiger partial charge in [-0.05, 0) is 61.6 Å². The van der Waals surface area contributed by atoms with Gasteiger partial charge in [0.15, 0.2) is 0 Å². The normalized spacial score (nSPS) is 16.4. The Morgan fingerprint density at radius 3 is 2.65 bits per heavy atom. The number of para-hydroxylation sites is 1. The Kier molecular flexibility index (Phi) is 5.12. The van der Waals surface area contributed by atoms with Crippen LogP contribution >= 0.6 is 22.9 Å². The quantitative estimate of drug-likeness (QED) is 0.563. The smallest absolute Gasteiger partial charge is 0.277 e. The number of aryl methyl sites for hydroxylation is 1. The summed E-state index contributed by atoms with van der Waals surface area (Å²) in [6.45, 7) is 0. The van der Waals surface area contributed by atoms with Crippen LogP contribution in [0.2, 0.25) is 5.02 Å². The van der Waals surface area contributed by atoms with Crippen molar-refractivity contribution >= 4 is 56.8 Å². The first-order valence-electron chi connectivity index (χ1n) is 10.2. The third-order valence-corrected chi connectivity index (χ3v) is 7.16. The van der Waals surface area contributed by atoms with Gasteiger partial charge in [0, 0.05) is 28.2 Å². The number of nitrogens with zero attached hydrogens (tertiary/aromatic N) is 2. The number of fused-ring (bicyclic) bond motifs is 2. The Labute approximate surface area is 189 Å². The number of carbonyl (C=O) groups excluding carboxylic acids is 2. The number of benzene rings is 2. The van der Waals surface area contributed by atoms with Crippen molar-refractivity contribution in [2.75, 3.05) is 17.3 Å². The lowest BCUT2D eigenvalue weighted by molar-refractivity contribution is -0.111. The fourth-order valence-electron chi connectivity index (χ4n) is 4.15. The first-order chi connectivity index (χ1) is 15.0. The lowest BCUT2D eigenvalue weighted by atomic mass is 9.95. The second-order valence-corrected chi connectivity index (χ2v) is 9.21. The molecule has 1 aromatic heterocycles. The second kappa shape index (κ2) is 7.94. The van der Waals surface area contributed by atoms with E-state index in [1.807, 2.05) is 24.3 Å². The van der Waals surface area contributed by atoms with Crippen molar-refractivity contribution in [1.29, 1.82) is 0 Å². The number of halogens is 1. The monoisotopic (exact) mass is 449 g/mol. The summed E-state index contributed by atoms with van der Waals surface area (Å²) in [4.78, 5) is 33.8. The van der Waals surface area contributed by atoms with Crippen molar-refractivity contribution in [3.05, 3.63) is 75.1 Å². The minimum atomic E-state index is -0.201. The highest BCUT2D eigenvalue weighted by Gasteiger charge is 2.33. The van der Waals surface area contributed by atoms with E-state index in [9.17, 15) is 9.59 Å². The van der Waals surface area contributed by atoms with Crippen LogP contribution in [0.5, 0.6) is 0 Å². The molecule has 0 radical (unpaired) electrons. The predicted octanol–water partition coefficient (Wildman–Crippen LogP) is 5.63. The van der Waals surface area contributed by atoms with E-state index in [-0.39, 0.29) is 11.8 Å². The van der Waals surface area contributed by atoms with Crippen molar-refractivity contribution in [2.24, 2.45) is 4.99 Å². The lowest BCUT2D eigenvalue weighted by Crippen LogP contribution is -2.25. The zero-order valence-electron chi connectivity index (χ0n) is 16.9. The average molecular weight is 450 g/mol. The summed E-state index contributed by atoms with van der Waals surface area (Å²) in [5.74, 6) is -0.357. The van der Waals surface area contributed by atoms with Gasteiger partial charge in [0.25, 0.3) is 11.8 Å². The molecule has 5 nitrogen and oxygen atoms in total. The SMILES string of the molecule is CN1C(=O)C(=Nc2sc3c(c2C(=O)Nc2ccc(Cl)cc2)CCCC3)c2ccccc21. The molecule has 2 aliphatic rings. The topological polar surface area (TPSA) is 61.8 Å². The number of thiophene rings is 1. The van der Waals surface area contributed by atoms with Crippen molar-refractivity contribution in [3.63, 3.8) is 0 Å². The number of rotatable bonds is 3. The predicted molar refractivity (Wildman–Crippen MR) is 126 cm³/mol. The third kappa shape index (κ3) is 3.56. The summed E-state index contributed by atoms with van der Waals surface area (Å²) in [7, 11) is 1.75. The summed E-state index contributed by atoms with van der Waals surface area (Å²) >= 11 is 7.49. The molecule has 2 aromatic carbocycles. The summed E-state index contributed by atoms with van der Waals surface area (Å²) in [5.41, 5.74) is 4.34. The van der Waals surface area contributed by atoms with Crippen LogP contribution in [0.1, 0.15) is 39.2 Å². The number of carbonyl (C=O) groups is 2. The molecule has 3 aromatic rings. The van der Waals surface area contributed by atoms with Crippen molar-refractivity contribution < 1.29 is 9.59 Å². The molecule has 0 unspecified atom stereocenters. The van der Waals surface area contributed by atoms with E-state index in [1.165, 1.54) is 16.2 Å². The Morgan fingerprint density at radius 2 is 1.84 bits per heavy atom. The second-order valence-electron chi connectivity index (χ2n) is 7.69. The maximum absolute atomic E-state index is 13.3. The molecule has 2 heterocycles. The Morgan fingerprint density at radius 1 is 1.10 bits per heavy atom. The van der Waals surface area contributed by atoms with Crippen LogP contribution in [-0.2, 0) is 17.6 Å². The van der Waals surface area contributed by atoms with Crippen LogP contribution in [0.15, 0.2) is 53.5 Å². The van der Waals surface area contributed by atoms with E-state index in [4.69, 9.17) is 16.6 Å². The maximum atomic E-state index is 13.3. The van der Waals surface area contributed by atoms with Gasteiger partial charge in [-0.25, -0.2) is 4.99 Å². The molecule has 5 rings (SSSR count). The minimum absolute atomic E-state index is 0.156. The Bertz CT molecular complexity index is 1230. The number of hydrogen-bond donors (Lipinski definition) is 1. The number of likely N-dealkylation sites (N-methyl/N-ethyl adjacent to an activating group) is 1. The van der Waals surface area contributed by atoms with Crippen LogP contribution in [0, 0.1) is 0 Å². The standard InChI is InChI=1S/C24H20ClN3O2S/c1-28-18-8-4-2-6-16(18)21(24(28)30)27-23-20(17-7-3-5-9-19(17)31-23)22(29)26-15-12-10-14(25)11-13-15/h2,4,6,8,10-13H,3,5,7,9H2,1H3,(H,26,29). The van der Waals surface area contributed by atoms with Crippen LogP contribution in [0.3, 0.4) is 0 Å². The van der Waals surface area contributed by atoms with Crippen molar-refractivity contribution in [3.8, 4) is 0 Å². The molecule has 1 aliphatic heterocycles. The van der Waals surface area contributed by atoms with Gasteiger partial charge in [0.1, 0.15) is 10.7 Å². The van der Waals surface area contributed by atoms with Gasteiger partial charge in [0.05, 0.1) is 11.3 Å². The number of aliphatic imine (C=N–C) groups is 1. The third-order valence-electron chi connectivity index (χ3n) is 5.72. The summed E-state index contributed by atoms with van der Waals surface area (Å²) in [6, 6.07) is 14.6. The fraction of sp³-hybridized carbons (Fsp3) is 0.208. The van der Waals surface area contributed by atoms with Crippen LogP contribution in [-0.4, -0.2) is 24.6 Å². The van der Waals surface area contributed by atoms with Gasteiger partial charge in [-0.1, -0.05) is 29.8 Å². The fourth-order valence-corrected chi connectivity index (χ4v) is 5.54. The van der Waals surface area contributed by atoms with Crippen LogP contribution in [0.25, 0.3) is 0 Å². The molecule has 7 heteroatoms. The Balaban J connectivity index is 1.59. The van der Waals surface area contributed by atoms with E-state index < -0.39 is 0 Å². The van der Waals surface area contributed by atoms with Crippen molar-refractivity contribution in [2.45, 2.75) is 25.7 Å². The van der Waals surface area contributed by atoms with E-state index in [2.05, 4.69) is 5.32 Å². The molecule has 0 bridgehead atoms. The van der Waals surface area contributed by atoms with Crippen molar-refractivity contribution in [1.82, 2.24) is 0 Å². The highest BCUT2D eigenvalue weighted by molar-refractivity contribution is 7.16. The van der Waals surface area contributed by atoms with Crippen LogP contribution < -0.4 is 10.2 Å². The molecule has 156 valence electrons. The number of amides is 2. The highest BCUT2D eigenvalue weighted by atomic mass is 35.5. The molecule has 0 fully saturated rings. The van der Waals surface area contributed by atoms with E-state index in [1.54, 1.807) is 36.2 Å². The molecule has 31 heavy (non-hydrogen) atoms. The van der Waals surface area contributed by atoms with Gasteiger partial charge < -0.3 is 10.2 Å². The molecule has 1 N–H and O–H groups in total. The zero-order valence-corrected chi connectivity index (χ0v) is 18.5. The van der Waals surface area contributed by atoms with Gasteiger partial charge >= 0.3 is 0 Å². The molecule has 0 saturated carbocycles. The summed E-state index contributed by atoms with van der Waals surface area (Å²) < 4.78 is 0. The maximum Gasteiger partial charge on any atom is 0.277 e. The van der Waals surface area contributed by atoms with Crippen LogP contribution in [0.4, 0.5) is 16.4 Å². The molecule has 1 aliphatic carbocycles. The first-order valence-corrected chi connectivity index (χ1v) is 11.4. The number of anilines is 2. The van der Waals surface area contributed by atoms with Gasteiger partial charge in [0.2, 0.25) is 0 Å². The Hall–Kier alpha value is -2.96. The summed E-state index contributed by atoms with van der Waals surface area (Å²) in [6.07, 6.45) is 3.94. The van der Waals surface area contributed by atoms with Gasteiger partial charge in [-0.3, -0.25) is 9.59 Å². The average Bonchev–Trinajstić information content (AvgIpc) is 3.26. The number of hydrogen-bond acceptors (Lipinski definition) is 4. The molecule has 0 saturated heterocycles. The zero-order chi connectivity index (χ0) is 21.5. The van der Waals surface area contributed by atoms with E-state index >= 15 is 0 Å². The van der Waals surface area contributed by atoms with E-state index in [0.717, 1.165) is 42.5 Å². The largest absolute Gasteiger partial charge is 0.322 e.